The number of rotatable bonds is 4. The van der Waals surface area contributed by atoms with E-state index in [1.54, 1.807) is 13.2 Å². The number of methoxy groups -OCH3 is 1. The number of carbonyl (C=O) groups excluding carboxylic acids is 1. The smallest absolute Gasteiger partial charge is 0.335 e. The summed E-state index contributed by atoms with van der Waals surface area (Å²) in [7, 11) is 1.54. The zero-order valence-corrected chi connectivity index (χ0v) is 11.6. The fourth-order valence-corrected chi connectivity index (χ4v) is 1.83. The minimum absolute atomic E-state index is 0.383. The molecule has 0 aromatic heterocycles. The Bertz CT molecular complexity index is 627. The molecule has 0 radical (unpaired) electrons. The molecule has 0 spiro atoms. The molecule has 0 amide bonds. The second kappa shape index (κ2) is 6.06. The minimum atomic E-state index is -0.508. The monoisotopic (exact) mass is 268 g/mol. The third-order valence-electron chi connectivity index (χ3n) is 2.93. The average Bonchev–Trinajstić information content (AvgIpc) is 2.48. The van der Waals surface area contributed by atoms with Crippen LogP contribution >= 0.6 is 0 Å². The van der Waals surface area contributed by atoms with E-state index in [1.807, 2.05) is 43.3 Å². The van der Waals surface area contributed by atoms with Crippen LogP contribution in [0.4, 0.5) is 0 Å². The maximum atomic E-state index is 11.2. The van der Waals surface area contributed by atoms with Crippen molar-refractivity contribution in [1.82, 2.24) is 0 Å². The van der Waals surface area contributed by atoms with Gasteiger partial charge >= 0.3 is 5.97 Å². The van der Waals surface area contributed by atoms with Crippen LogP contribution in [-0.2, 0) is 4.79 Å². The summed E-state index contributed by atoms with van der Waals surface area (Å²) in [4.78, 5) is 11.2. The van der Waals surface area contributed by atoms with Crippen LogP contribution in [0, 0.1) is 6.92 Å². The maximum absolute atomic E-state index is 11.2. The van der Waals surface area contributed by atoms with Crippen LogP contribution in [-0.4, -0.2) is 13.1 Å². The number of esters is 1. The van der Waals surface area contributed by atoms with Crippen LogP contribution in [0.2, 0.25) is 0 Å². The summed E-state index contributed by atoms with van der Waals surface area (Å²) >= 11 is 0. The van der Waals surface area contributed by atoms with E-state index >= 15 is 0 Å². The van der Waals surface area contributed by atoms with Gasteiger partial charge in [0.2, 0.25) is 0 Å². The van der Waals surface area contributed by atoms with Crippen molar-refractivity contribution in [2.24, 2.45) is 0 Å². The standard InChI is InChI=1S/C17H16O3/c1-4-17(18)20-15-10-9-14(11-16(15)19-3)13-7-5-12(2)6-8-13/h4-11H,1H2,2-3H3. The molecule has 102 valence electrons. The Morgan fingerprint density at radius 2 is 1.70 bits per heavy atom. The van der Waals surface area contributed by atoms with Crippen LogP contribution < -0.4 is 9.47 Å². The molecule has 0 unspecified atom stereocenters. The number of aryl methyl sites for hydroxylation is 1. The Morgan fingerprint density at radius 1 is 1.05 bits per heavy atom. The zero-order valence-electron chi connectivity index (χ0n) is 11.6. The van der Waals surface area contributed by atoms with Crippen molar-refractivity contribution in [1.29, 1.82) is 0 Å². The van der Waals surface area contributed by atoms with Gasteiger partial charge in [-0.3, -0.25) is 0 Å². The summed E-state index contributed by atoms with van der Waals surface area (Å²) < 4.78 is 10.4. The number of benzene rings is 2. The van der Waals surface area contributed by atoms with Gasteiger partial charge in [0, 0.05) is 6.08 Å². The highest BCUT2D eigenvalue weighted by Crippen LogP contribution is 2.32. The predicted molar refractivity (Wildman–Crippen MR) is 79.0 cm³/mol. The van der Waals surface area contributed by atoms with Gasteiger partial charge in [-0.1, -0.05) is 42.5 Å². The third kappa shape index (κ3) is 3.06. The second-order valence-electron chi connectivity index (χ2n) is 4.36. The lowest BCUT2D eigenvalue weighted by atomic mass is 10.0. The van der Waals surface area contributed by atoms with Crippen molar-refractivity contribution in [3.05, 3.63) is 60.7 Å². The lowest BCUT2D eigenvalue weighted by molar-refractivity contribution is -0.129. The molecular formula is C17H16O3. The van der Waals surface area contributed by atoms with Gasteiger partial charge in [-0.25, -0.2) is 4.79 Å². The van der Waals surface area contributed by atoms with Gasteiger partial charge < -0.3 is 9.47 Å². The van der Waals surface area contributed by atoms with Crippen molar-refractivity contribution >= 4 is 5.97 Å². The molecule has 0 bridgehead atoms. The van der Waals surface area contributed by atoms with Gasteiger partial charge in [0.05, 0.1) is 7.11 Å². The molecule has 0 fully saturated rings. The normalized spacial score (nSPS) is 9.90. The van der Waals surface area contributed by atoms with E-state index in [-0.39, 0.29) is 0 Å². The van der Waals surface area contributed by atoms with Crippen molar-refractivity contribution in [3.63, 3.8) is 0 Å². The largest absolute Gasteiger partial charge is 0.493 e. The molecule has 2 aromatic rings. The average molecular weight is 268 g/mol. The van der Waals surface area contributed by atoms with E-state index in [0.29, 0.717) is 11.5 Å². The summed E-state index contributed by atoms with van der Waals surface area (Å²) in [6, 6.07) is 13.6. The number of ether oxygens (including phenoxy) is 2. The second-order valence-corrected chi connectivity index (χ2v) is 4.36. The molecule has 0 aliphatic carbocycles. The lowest BCUT2D eigenvalue weighted by Gasteiger charge is -2.10. The maximum Gasteiger partial charge on any atom is 0.335 e. The Balaban J connectivity index is 2.35. The fraction of sp³-hybridized carbons (Fsp3) is 0.118. The first kappa shape index (κ1) is 13.9. The van der Waals surface area contributed by atoms with Gasteiger partial charge in [-0.05, 0) is 30.2 Å². The van der Waals surface area contributed by atoms with Gasteiger partial charge in [0.15, 0.2) is 11.5 Å². The number of hydrogen-bond acceptors (Lipinski definition) is 3. The summed E-state index contributed by atoms with van der Waals surface area (Å²) in [5.74, 6) is 0.387. The van der Waals surface area contributed by atoms with Gasteiger partial charge in [0.25, 0.3) is 0 Å². The van der Waals surface area contributed by atoms with E-state index in [9.17, 15) is 4.79 Å². The third-order valence-corrected chi connectivity index (χ3v) is 2.93. The highest BCUT2D eigenvalue weighted by molar-refractivity contribution is 5.84. The highest BCUT2D eigenvalue weighted by atomic mass is 16.6. The van der Waals surface area contributed by atoms with E-state index in [1.165, 1.54) is 5.56 Å². The van der Waals surface area contributed by atoms with Crippen LogP contribution in [0.5, 0.6) is 11.5 Å². The van der Waals surface area contributed by atoms with Crippen molar-refractivity contribution in [3.8, 4) is 22.6 Å². The van der Waals surface area contributed by atoms with E-state index in [2.05, 4.69) is 6.58 Å². The molecule has 2 rings (SSSR count). The van der Waals surface area contributed by atoms with E-state index < -0.39 is 5.97 Å². The molecule has 3 heteroatoms. The summed E-state index contributed by atoms with van der Waals surface area (Å²) in [6.07, 6.45) is 1.12. The van der Waals surface area contributed by atoms with Gasteiger partial charge in [-0.15, -0.1) is 0 Å². The molecule has 0 aliphatic heterocycles. The molecule has 0 aliphatic rings. The first-order valence-corrected chi connectivity index (χ1v) is 6.23. The lowest BCUT2D eigenvalue weighted by Crippen LogP contribution is -2.04. The van der Waals surface area contributed by atoms with E-state index in [0.717, 1.165) is 17.2 Å². The van der Waals surface area contributed by atoms with Gasteiger partial charge in [-0.2, -0.15) is 0 Å². The molecule has 0 heterocycles. The van der Waals surface area contributed by atoms with E-state index in [4.69, 9.17) is 9.47 Å². The molecular weight excluding hydrogens is 252 g/mol. The Morgan fingerprint density at radius 3 is 2.30 bits per heavy atom. The molecule has 0 atom stereocenters. The summed E-state index contributed by atoms with van der Waals surface area (Å²) in [5, 5.41) is 0. The molecule has 3 nitrogen and oxygen atoms in total. The number of hydrogen-bond donors (Lipinski definition) is 0. The first-order chi connectivity index (χ1) is 9.63. The van der Waals surface area contributed by atoms with Crippen molar-refractivity contribution in [2.45, 2.75) is 6.92 Å². The highest BCUT2D eigenvalue weighted by Gasteiger charge is 2.09. The van der Waals surface area contributed by atoms with Crippen molar-refractivity contribution < 1.29 is 14.3 Å². The van der Waals surface area contributed by atoms with Crippen LogP contribution in [0.1, 0.15) is 5.56 Å². The minimum Gasteiger partial charge on any atom is -0.493 e. The predicted octanol–water partition coefficient (Wildman–Crippen LogP) is 3.76. The molecule has 0 N–H and O–H groups in total. The molecule has 0 saturated carbocycles. The Labute approximate surface area is 118 Å². The quantitative estimate of drug-likeness (QED) is 0.481. The summed E-state index contributed by atoms with van der Waals surface area (Å²) in [6.45, 7) is 5.41. The molecule has 0 saturated heterocycles. The zero-order chi connectivity index (χ0) is 14.5. The fourth-order valence-electron chi connectivity index (χ4n) is 1.83. The van der Waals surface area contributed by atoms with Crippen molar-refractivity contribution in [2.75, 3.05) is 7.11 Å². The van der Waals surface area contributed by atoms with Crippen LogP contribution in [0.3, 0.4) is 0 Å². The topological polar surface area (TPSA) is 35.5 Å². The molecule has 20 heavy (non-hydrogen) atoms. The van der Waals surface area contributed by atoms with Crippen LogP contribution in [0.25, 0.3) is 11.1 Å². The SMILES string of the molecule is C=CC(=O)Oc1ccc(-c2ccc(C)cc2)cc1OC. The van der Waals surface area contributed by atoms with Crippen LogP contribution in [0.15, 0.2) is 55.1 Å². The first-order valence-electron chi connectivity index (χ1n) is 6.23. The number of carbonyl (C=O) groups is 1. The molecule has 2 aromatic carbocycles. The van der Waals surface area contributed by atoms with Gasteiger partial charge in [0.1, 0.15) is 0 Å². The Hall–Kier alpha value is -2.55. The summed E-state index contributed by atoms with van der Waals surface area (Å²) in [5.41, 5.74) is 3.29. The Kier molecular flexibility index (Phi) is 4.20.